The second-order valence-corrected chi connectivity index (χ2v) is 11.7. The molecule has 7 nitrogen and oxygen atoms in total. The van der Waals surface area contributed by atoms with Gasteiger partial charge in [0.2, 0.25) is 5.91 Å². The van der Waals surface area contributed by atoms with Crippen LogP contribution in [0.1, 0.15) is 75.0 Å². The first-order chi connectivity index (χ1) is 17.9. The fraction of sp³-hybridized carbons (Fsp3) is 0.690. The molecule has 8 heteroatoms. The Bertz CT molecular complexity index is 983. The average molecular weight is 531 g/mol. The maximum atomic E-state index is 13.3. The van der Waals surface area contributed by atoms with E-state index in [0.717, 1.165) is 44.3 Å². The number of carbonyl (C=O) groups excluding carboxylic acids is 3. The van der Waals surface area contributed by atoms with Crippen molar-refractivity contribution in [2.45, 2.75) is 95.4 Å². The number of carbonyl (C=O) groups is 3. The molecule has 2 unspecified atom stereocenters. The molecule has 0 bridgehead atoms. The minimum atomic E-state index is -0.618. The van der Waals surface area contributed by atoms with Gasteiger partial charge in [-0.15, -0.1) is 11.8 Å². The highest BCUT2D eigenvalue weighted by Crippen LogP contribution is 2.33. The van der Waals surface area contributed by atoms with Gasteiger partial charge in [-0.3, -0.25) is 19.7 Å². The van der Waals surface area contributed by atoms with Gasteiger partial charge in [0.15, 0.2) is 5.78 Å². The molecule has 1 N–H and O–H groups in total. The largest absolute Gasteiger partial charge is 0.496 e. The van der Waals surface area contributed by atoms with E-state index < -0.39 is 17.3 Å². The normalized spacial score (nSPS) is 25.1. The molecule has 0 spiro atoms. The van der Waals surface area contributed by atoms with Crippen LogP contribution in [-0.2, 0) is 32.0 Å². The zero-order valence-corrected chi connectivity index (χ0v) is 23.4. The Morgan fingerprint density at radius 2 is 1.97 bits per heavy atom. The molecule has 2 aliphatic heterocycles. The maximum Gasteiger partial charge on any atom is 0.324 e. The molecular weight excluding hydrogens is 488 g/mol. The highest BCUT2D eigenvalue weighted by molar-refractivity contribution is 8.00. The summed E-state index contributed by atoms with van der Waals surface area (Å²) in [6.45, 7) is 4.80. The molecular formula is C29H42N2O5S. The average Bonchev–Trinajstić information content (AvgIpc) is 3.58. The molecule has 37 heavy (non-hydrogen) atoms. The molecule has 2 heterocycles. The first-order valence-electron chi connectivity index (χ1n) is 13.9. The van der Waals surface area contributed by atoms with Gasteiger partial charge in [-0.1, -0.05) is 25.3 Å². The first-order valence-corrected chi connectivity index (χ1v) is 15.0. The van der Waals surface area contributed by atoms with Crippen LogP contribution in [0.15, 0.2) is 12.1 Å². The lowest BCUT2D eigenvalue weighted by molar-refractivity contribution is -0.147. The highest BCUT2D eigenvalue weighted by atomic mass is 32.2. The Labute approximate surface area is 225 Å². The van der Waals surface area contributed by atoms with Gasteiger partial charge < -0.3 is 14.4 Å². The number of esters is 1. The number of rotatable bonds is 11. The third-order valence-electron chi connectivity index (χ3n) is 8.14. The summed E-state index contributed by atoms with van der Waals surface area (Å²) in [6.07, 6.45) is 9.73. The Hall–Kier alpha value is -2.06. The molecule has 1 amide bonds. The molecule has 4 rings (SSSR count). The SMILES string of the molecule is CCOC(=O)[C@H]1NCSC1C(=O)[C@@H]1CCCN1C(=O)CCCCCC1CCc2cc(OC)c(C)cc2C1. The summed E-state index contributed by atoms with van der Waals surface area (Å²) in [5.74, 6) is 1.93. The lowest BCUT2D eigenvalue weighted by Crippen LogP contribution is -2.50. The molecule has 0 aromatic heterocycles. The van der Waals surface area contributed by atoms with Crippen molar-refractivity contribution in [1.29, 1.82) is 0 Å². The van der Waals surface area contributed by atoms with E-state index in [-0.39, 0.29) is 17.7 Å². The van der Waals surface area contributed by atoms with Gasteiger partial charge in [0.1, 0.15) is 11.8 Å². The van der Waals surface area contributed by atoms with Crippen LogP contribution in [0.5, 0.6) is 5.75 Å². The van der Waals surface area contributed by atoms with Gasteiger partial charge in [-0.05, 0) is 81.0 Å². The number of nitrogens with one attached hydrogen (secondary N) is 1. The molecule has 204 valence electrons. The standard InChI is InChI=1S/C29H42N2O5S/c1-4-36-29(34)26-28(37-18-30-26)27(33)23-10-8-14-31(23)25(32)11-7-5-6-9-20-12-13-21-17-24(35-3)19(2)15-22(21)16-20/h15,17,20,23,26,28,30H,4-14,16,18H2,1-3H3/t20?,23-,26-,28?/m0/s1. The zero-order chi connectivity index (χ0) is 26.4. The number of fused-ring (bicyclic) bond motifs is 1. The van der Waals surface area contributed by atoms with E-state index in [2.05, 4.69) is 24.4 Å². The zero-order valence-electron chi connectivity index (χ0n) is 22.6. The van der Waals surface area contributed by atoms with Gasteiger partial charge in [-0.2, -0.15) is 0 Å². The van der Waals surface area contributed by atoms with Gasteiger partial charge in [0, 0.05) is 18.8 Å². The van der Waals surface area contributed by atoms with Crippen LogP contribution in [0.4, 0.5) is 0 Å². The minimum Gasteiger partial charge on any atom is -0.496 e. The van der Waals surface area contributed by atoms with Crippen LogP contribution in [0.3, 0.4) is 0 Å². The third-order valence-corrected chi connectivity index (χ3v) is 9.34. The number of Topliss-reactive ketones (excluding diaryl/α,β-unsaturated/α-hetero) is 1. The smallest absolute Gasteiger partial charge is 0.324 e. The van der Waals surface area contributed by atoms with Crippen molar-refractivity contribution in [3.63, 3.8) is 0 Å². The van der Waals surface area contributed by atoms with Crippen molar-refractivity contribution < 1.29 is 23.9 Å². The first kappa shape index (κ1) is 28.0. The second-order valence-electron chi connectivity index (χ2n) is 10.6. The van der Waals surface area contributed by atoms with Gasteiger partial charge in [0.05, 0.1) is 25.0 Å². The van der Waals surface area contributed by atoms with Gasteiger partial charge in [-0.25, -0.2) is 0 Å². The number of nitrogens with zero attached hydrogens (tertiary/aromatic N) is 1. The number of ether oxygens (including phenoxy) is 2. The molecule has 3 aliphatic rings. The van der Waals surface area contributed by atoms with Crippen molar-refractivity contribution in [1.82, 2.24) is 10.2 Å². The van der Waals surface area contributed by atoms with E-state index in [4.69, 9.17) is 9.47 Å². The van der Waals surface area contributed by atoms with E-state index in [9.17, 15) is 14.4 Å². The predicted molar refractivity (Wildman–Crippen MR) is 146 cm³/mol. The lowest BCUT2D eigenvalue weighted by Gasteiger charge is -2.27. The van der Waals surface area contributed by atoms with Gasteiger partial charge >= 0.3 is 5.97 Å². The summed E-state index contributed by atoms with van der Waals surface area (Å²) in [5.41, 5.74) is 4.10. The van der Waals surface area contributed by atoms with Crippen molar-refractivity contribution in [2.24, 2.45) is 5.92 Å². The number of unbranched alkanes of at least 4 members (excludes halogenated alkanes) is 2. The number of amides is 1. The molecule has 1 aromatic rings. The number of methoxy groups -OCH3 is 1. The molecule has 1 aliphatic carbocycles. The maximum absolute atomic E-state index is 13.3. The summed E-state index contributed by atoms with van der Waals surface area (Å²) in [7, 11) is 1.74. The van der Waals surface area contributed by atoms with Crippen LogP contribution >= 0.6 is 11.8 Å². The predicted octanol–water partition coefficient (Wildman–Crippen LogP) is 4.21. The van der Waals surface area contributed by atoms with E-state index in [1.54, 1.807) is 18.9 Å². The van der Waals surface area contributed by atoms with E-state index in [0.29, 0.717) is 37.8 Å². The number of aryl methyl sites for hydroxylation is 2. The van der Waals surface area contributed by atoms with Crippen LogP contribution in [0.2, 0.25) is 0 Å². The quantitative estimate of drug-likeness (QED) is 0.339. The van der Waals surface area contributed by atoms with E-state index in [1.807, 2.05) is 0 Å². The minimum absolute atomic E-state index is 0.00987. The summed E-state index contributed by atoms with van der Waals surface area (Å²) in [4.78, 5) is 40.4. The van der Waals surface area contributed by atoms with E-state index in [1.165, 1.54) is 41.3 Å². The number of likely N-dealkylation sites (tertiary alicyclic amines) is 1. The molecule has 2 saturated heterocycles. The topological polar surface area (TPSA) is 84.9 Å². The van der Waals surface area contributed by atoms with Crippen LogP contribution in [-0.4, -0.2) is 66.0 Å². The van der Waals surface area contributed by atoms with Crippen LogP contribution in [0.25, 0.3) is 0 Å². The second kappa shape index (κ2) is 13.1. The van der Waals surface area contributed by atoms with Crippen molar-refractivity contribution in [3.8, 4) is 5.75 Å². The Kier molecular flexibility index (Phi) is 9.93. The van der Waals surface area contributed by atoms with E-state index >= 15 is 0 Å². The van der Waals surface area contributed by atoms with Crippen LogP contribution in [0, 0.1) is 12.8 Å². The Balaban J connectivity index is 1.20. The number of benzene rings is 1. The van der Waals surface area contributed by atoms with Crippen molar-refractivity contribution in [3.05, 3.63) is 28.8 Å². The summed E-state index contributed by atoms with van der Waals surface area (Å²) in [5, 5.41) is 2.60. The monoisotopic (exact) mass is 530 g/mol. The van der Waals surface area contributed by atoms with Crippen molar-refractivity contribution in [2.75, 3.05) is 26.1 Å². The summed E-state index contributed by atoms with van der Waals surface area (Å²) < 4.78 is 10.6. The van der Waals surface area contributed by atoms with Crippen LogP contribution < -0.4 is 10.1 Å². The molecule has 4 atom stereocenters. The number of hydrogen-bond acceptors (Lipinski definition) is 7. The molecule has 1 aromatic carbocycles. The Morgan fingerprint density at radius 1 is 1.14 bits per heavy atom. The highest BCUT2D eigenvalue weighted by Gasteiger charge is 2.45. The number of hydrogen-bond donors (Lipinski definition) is 1. The molecule has 0 saturated carbocycles. The lowest BCUT2D eigenvalue weighted by atomic mass is 9.80. The summed E-state index contributed by atoms with van der Waals surface area (Å²) >= 11 is 1.44. The third kappa shape index (κ3) is 6.69. The molecule has 0 radical (unpaired) electrons. The molecule has 2 fully saturated rings. The summed E-state index contributed by atoms with van der Waals surface area (Å²) in [6, 6.07) is 3.47. The fourth-order valence-corrected chi connectivity index (χ4v) is 7.32. The fourth-order valence-electron chi connectivity index (χ4n) is 6.15. The number of ketones is 1. The Morgan fingerprint density at radius 3 is 2.76 bits per heavy atom. The van der Waals surface area contributed by atoms with Crippen molar-refractivity contribution >= 4 is 29.4 Å². The number of thioether (sulfide) groups is 1. The van der Waals surface area contributed by atoms with Gasteiger partial charge in [0.25, 0.3) is 0 Å².